The van der Waals surface area contributed by atoms with E-state index in [1.807, 2.05) is 0 Å². The molecular weight excluding hydrogens is 544 g/mol. The monoisotopic (exact) mass is 560 g/mol. The number of ether oxygens (including phenoxy) is 1. The standard InChI is InChI=1S/C28H18Cl3F3N2O/c1-37-26-13-25-24(12-15(26)11-16-18(29)5-2-8-21(16)32)35-28(27-20(31)7-4-10-23(27)34)36(25)14-17-19(30)6-3-9-22(17)33/h2-10,12-13H,11,14H2,1H3. The average Bonchev–Trinajstić information content (AvgIpc) is 3.19. The maximum absolute atomic E-state index is 15.0. The van der Waals surface area contributed by atoms with Gasteiger partial charge in [0, 0.05) is 39.2 Å². The molecular formula is C28H18Cl3F3N2O. The Labute approximate surface area is 226 Å². The number of fused-ring (bicyclic) bond motifs is 1. The fourth-order valence-corrected chi connectivity index (χ4v) is 5.02. The Kier molecular flexibility index (Phi) is 7.08. The molecule has 4 aromatic carbocycles. The van der Waals surface area contributed by atoms with Crippen LogP contribution in [0.5, 0.6) is 5.75 Å². The molecule has 9 heteroatoms. The fraction of sp³-hybridized carbons (Fsp3) is 0.107. The van der Waals surface area contributed by atoms with Crippen molar-refractivity contribution in [3.63, 3.8) is 0 Å². The summed E-state index contributed by atoms with van der Waals surface area (Å²) in [6.45, 7) is -0.0519. The van der Waals surface area contributed by atoms with E-state index in [1.54, 1.807) is 34.9 Å². The van der Waals surface area contributed by atoms with E-state index in [0.717, 1.165) is 0 Å². The van der Waals surface area contributed by atoms with Crippen molar-refractivity contribution in [2.24, 2.45) is 0 Å². The lowest BCUT2D eigenvalue weighted by Crippen LogP contribution is -2.06. The molecule has 0 saturated carbocycles. The molecule has 0 N–H and O–H groups in total. The summed E-state index contributed by atoms with van der Waals surface area (Å²) in [5.74, 6) is -0.945. The second-order valence-corrected chi connectivity index (χ2v) is 9.57. The molecule has 0 saturated heterocycles. The van der Waals surface area contributed by atoms with E-state index >= 15 is 4.39 Å². The van der Waals surface area contributed by atoms with Gasteiger partial charge in [0.15, 0.2) is 0 Å². The van der Waals surface area contributed by atoms with E-state index < -0.39 is 17.5 Å². The number of benzene rings is 4. The Morgan fingerprint density at radius 3 is 1.97 bits per heavy atom. The van der Waals surface area contributed by atoms with Gasteiger partial charge in [0.2, 0.25) is 0 Å². The third-order valence-electron chi connectivity index (χ3n) is 6.14. The molecule has 0 bridgehead atoms. The number of halogens is 6. The molecule has 0 aliphatic carbocycles. The molecule has 0 fully saturated rings. The van der Waals surface area contributed by atoms with Crippen LogP contribution >= 0.6 is 34.8 Å². The van der Waals surface area contributed by atoms with Gasteiger partial charge in [0.05, 0.1) is 35.3 Å². The lowest BCUT2D eigenvalue weighted by Gasteiger charge is -2.14. The number of aromatic nitrogens is 2. The summed E-state index contributed by atoms with van der Waals surface area (Å²) in [5, 5.41) is 0.632. The van der Waals surface area contributed by atoms with Crippen molar-refractivity contribution in [2.45, 2.75) is 13.0 Å². The zero-order valence-electron chi connectivity index (χ0n) is 19.3. The summed E-state index contributed by atoms with van der Waals surface area (Å²) in [7, 11) is 1.48. The van der Waals surface area contributed by atoms with Gasteiger partial charge in [-0.25, -0.2) is 18.2 Å². The minimum atomic E-state index is -0.589. The molecule has 3 nitrogen and oxygen atoms in total. The Hall–Kier alpha value is -3.19. The lowest BCUT2D eigenvalue weighted by atomic mass is 10.0. The number of hydrogen-bond acceptors (Lipinski definition) is 2. The first-order chi connectivity index (χ1) is 17.8. The first kappa shape index (κ1) is 25.5. The number of imidazole rings is 1. The maximum atomic E-state index is 15.0. The SMILES string of the molecule is COc1cc2c(cc1Cc1c(F)cccc1Cl)nc(-c1c(F)cccc1Cl)n2Cc1c(F)cccc1Cl. The highest BCUT2D eigenvalue weighted by molar-refractivity contribution is 6.33. The summed E-state index contributed by atoms with van der Waals surface area (Å²) >= 11 is 19.0. The van der Waals surface area contributed by atoms with Gasteiger partial charge < -0.3 is 9.30 Å². The van der Waals surface area contributed by atoms with Crippen LogP contribution in [0.25, 0.3) is 22.4 Å². The summed E-state index contributed by atoms with van der Waals surface area (Å²) < 4.78 is 51.6. The molecule has 1 heterocycles. The average molecular weight is 562 g/mol. The number of methoxy groups -OCH3 is 1. The smallest absolute Gasteiger partial charge is 0.145 e. The van der Waals surface area contributed by atoms with Crippen LogP contribution in [0.4, 0.5) is 13.2 Å². The fourth-order valence-electron chi connectivity index (χ4n) is 4.32. The molecule has 5 aromatic rings. The molecule has 0 aliphatic rings. The largest absolute Gasteiger partial charge is 0.496 e. The summed E-state index contributed by atoms with van der Waals surface area (Å²) in [6, 6.07) is 16.6. The minimum Gasteiger partial charge on any atom is -0.496 e. The third-order valence-corrected chi connectivity index (χ3v) is 7.17. The quantitative estimate of drug-likeness (QED) is 0.207. The van der Waals surface area contributed by atoms with Crippen LogP contribution in [0, 0.1) is 17.5 Å². The Morgan fingerprint density at radius 2 is 1.38 bits per heavy atom. The van der Waals surface area contributed by atoms with Crippen LogP contribution in [-0.4, -0.2) is 16.7 Å². The molecule has 0 aliphatic heterocycles. The van der Waals surface area contributed by atoms with Gasteiger partial charge in [-0.2, -0.15) is 0 Å². The zero-order chi connectivity index (χ0) is 26.3. The lowest BCUT2D eigenvalue weighted by molar-refractivity contribution is 0.411. The molecule has 0 unspecified atom stereocenters. The van der Waals surface area contributed by atoms with E-state index in [-0.39, 0.29) is 45.0 Å². The van der Waals surface area contributed by atoms with Crippen molar-refractivity contribution in [1.82, 2.24) is 9.55 Å². The van der Waals surface area contributed by atoms with Crippen LogP contribution in [0.2, 0.25) is 15.1 Å². The van der Waals surface area contributed by atoms with E-state index in [1.165, 1.54) is 43.5 Å². The van der Waals surface area contributed by atoms with Crippen molar-refractivity contribution >= 4 is 45.8 Å². The number of rotatable bonds is 6. The second-order valence-electron chi connectivity index (χ2n) is 8.35. The van der Waals surface area contributed by atoms with Gasteiger partial charge in [-0.05, 0) is 42.5 Å². The van der Waals surface area contributed by atoms with Crippen molar-refractivity contribution in [2.75, 3.05) is 7.11 Å². The van der Waals surface area contributed by atoms with Crippen LogP contribution in [0.3, 0.4) is 0 Å². The van der Waals surface area contributed by atoms with Crippen molar-refractivity contribution < 1.29 is 17.9 Å². The molecule has 5 rings (SSSR count). The van der Waals surface area contributed by atoms with Crippen LogP contribution in [0.1, 0.15) is 16.7 Å². The Bertz CT molecular complexity index is 1590. The van der Waals surface area contributed by atoms with Crippen molar-refractivity contribution in [1.29, 1.82) is 0 Å². The Balaban J connectivity index is 1.75. The highest BCUT2D eigenvalue weighted by Crippen LogP contribution is 2.37. The molecule has 0 amide bonds. The van der Waals surface area contributed by atoms with Gasteiger partial charge in [0.1, 0.15) is 29.0 Å². The van der Waals surface area contributed by atoms with Gasteiger partial charge in [-0.1, -0.05) is 53.0 Å². The van der Waals surface area contributed by atoms with Gasteiger partial charge >= 0.3 is 0 Å². The second kappa shape index (κ2) is 10.3. The van der Waals surface area contributed by atoms with E-state index in [4.69, 9.17) is 39.5 Å². The number of nitrogens with zero attached hydrogens (tertiary/aromatic N) is 2. The molecule has 0 spiro atoms. The normalized spacial score (nSPS) is 11.3. The molecule has 188 valence electrons. The summed E-state index contributed by atoms with van der Waals surface area (Å²) in [6.07, 6.45) is 0.131. The van der Waals surface area contributed by atoms with Crippen molar-refractivity contribution in [3.05, 3.63) is 116 Å². The van der Waals surface area contributed by atoms with Gasteiger partial charge in [-0.3, -0.25) is 0 Å². The predicted octanol–water partition coefficient (Wildman–Crippen LogP) is 8.73. The summed E-state index contributed by atoms with van der Waals surface area (Å²) in [4.78, 5) is 4.67. The van der Waals surface area contributed by atoms with E-state index in [2.05, 4.69) is 4.98 Å². The highest BCUT2D eigenvalue weighted by atomic mass is 35.5. The first-order valence-electron chi connectivity index (χ1n) is 11.2. The third kappa shape index (κ3) is 4.77. The highest BCUT2D eigenvalue weighted by Gasteiger charge is 2.23. The zero-order valence-corrected chi connectivity index (χ0v) is 21.6. The van der Waals surface area contributed by atoms with Gasteiger partial charge in [-0.15, -0.1) is 0 Å². The van der Waals surface area contributed by atoms with E-state index in [0.29, 0.717) is 27.9 Å². The number of hydrogen-bond donors (Lipinski definition) is 0. The van der Waals surface area contributed by atoms with Crippen LogP contribution in [0.15, 0.2) is 66.7 Å². The Morgan fingerprint density at radius 1 is 0.784 bits per heavy atom. The predicted molar refractivity (Wildman–Crippen MR) is 141 cm³/mol. The minimum absolute atomic E-state index is 0.0519. The van der Waals surface area contributed by atoms with E-state index in [9.17, 15) is 8.78 Å². The van der Waals surface area contributed by atoms with Gasteiger partial charge in [0.25, 0.3) is 0 Å². The first-order valence-corrected chi connectivity index (χ1v) is 12.3. The molecule has 37 heavy (non-hydrogen) atoms. The summed E-state index contributed by atoms with van der Waals surface area (Å²) in [5.41, 5.74) is 2.15. The molecule has 0 atom stereocenters. The maximum Gasteiger partial charge on any atom is 0.145 e. The van der Waals surface area contributed by atoms with Crippen molar-refractivity contribution in [3.8, 4) is 17.1 Å². The topological polar surface area (TPSA) is 27.1 Å². The van der Waals surface area contributed by atoms with Crippen LogP contribution in [-0.2, 0) is 13.0 Å². The molecule has 0 radical (unpaired) electrons. The molecule has 1 aromatic heterocycles. The van der Waals surface area contributed by atoms with Crippen LogP contribution < -0.4 is 4.74 Å².